The van der Waals surface area contributed by atoms with E-state index >= 15 is 0 Å². The van der Waals surface area contributed by atoms with Gasteiger partial charge in [-0.15, -0.1) is 0 Å². The lowest BCUT2D eigenvalue weighted by atomic mass is 9.94. The van der Waals surface area contributed by atoms with E-state index in [-0.39, 0.29) is 5.91 Å². The number of amides is 1. The van der Waals surface area contributed by atoms with Gasteiger partial charge in [-0.1, -0.05) is 67.6 Å². The van der Waals surface area contributed by atoms with Crippen LogP contribution in [0.5, 0.6) is 0 Å². The Bertz CT molecular complexity index is 1220. The molecule has 33 heavy (non-hydrogen) atoms. The normalized spacial score (nSPS) is 13.2. The van der Waals surface area contributed by atoms with Crippen molar-refractivity contribution in [3.63, 3.8) is 0 Å². The van der Waals surface area contributed by atoms with Gasteiger partial charge in [0.15, 0.2) is 0 Å². The number of aryl methyl sites for hydroxylation is 3. The largest absolute Gasteiger partial charge is 0.343 e. The third-order valence-electron chi connectivity index (χ3n) is 5.99. The summed E-state index contributed by atoms with van der Waals surface area (Å²) in [6.45, 7) is 7.74. The predicted octanol–water partition coefficient (Wildman–Crippen LogP) is 5.06. The molecular weight excluding hydrogens is 432 g/mol. The van der Waals surface area contributed by atoms with Crippen molar-refractivity contribution in [3.8, 4) is 0 Å². The van der Waals surface area contributed by atoms with E-state index in [4.69, 9.17) is 0 Å². The predicted molar refractivity (Wildman–Crippen MR) is 135 cm³/mol. The first-order chi connectivity index (χ1) is 15.6. The van der Waals surface area contributed by atoms with E-state index < -0.39 is 22.1 Å². The van der Waals surface area contributed by atoms with E-state index in [2.05, 4.69) is 5.32 Å². The molecule has 0 saturated carbocycles. The van der Waals surface area contributed by atoms with Crippen molar-refractivity contribution >= 4 is 21.6 Å². The molecule has 6 heteroatoms. The summed E-state index contributed by atoms with van der Waals surface area (Å²) < 4.78 is 27.0. The quantitative estimate of drug-likeness (QED) is 0.507. The topological polar surface area (TPSA) is 66.5 Å². The zero-order valence-corrected chi connectivity index (χ0v) is 20.7. The average molecular weight is 465 g/mol. The monoisotopic (exact) mass is 464 g/mol. The second-order valence-electron chi connectivity index (χ2n) is 8.46. The SMILES string of the molecule is CCC(C(=O)NC(c1ccccc1)c1ccccc1C)N(c1ccc(C)c(C)c1)S(C)(=O)=O. The van der Waals surface area contributed by atoms with Gasteiger partial charge in [0.25, 0.3) is 0 Å². The number of hydrogen-bond donors (Lipinski definition) is 1. The van der Waals surface area contributed by atoms with E-state index in [1.165, 1.54) is 4.31 Å². The molecule has 0 heterocycles. The van der Waals surface area contributed by atoms with Crippen LogP contribution in [0.1, 0.15) is 47.2 Å². The van der Waals surface area contributed by atoms with Crippen LogP contribution in [0.25, 0.3) is 0 Å². The van der Waals surface area contributed by atoms with Crippen LogP contribution in [0.2, 0.25) is 0 Å². The van der Waals surface area contributed by atoms with Crippen molar-refractivity contribution in [2.75, 3.05) is 10.6 Å². The molecule has 0 saturated heterocycles. The first kappa shape index (κ1) is 24.5. The summed E-state index contributed by atoms with van der Waals surface area (Å²) in [5.74, 6) is -0.335. The Kier molecular flexibility index (Phi) is 7.59. The first-order valence-electron chi connectivity index (χ1n) is 11.1. The van der Waals surface area contributed by atoms with E-state index in [0.29, 0.717) is 12.1 Å². The van der Waals surface area contributed by atoms with Gasteiger partial charge in [0, 0.05) is 0 Å². The summed E-state index contributed by atoms with van der Waals surface area (Å²) in [5, 5.41) is 3.14. The first-order valence-corrected chi connectivity index (χ1v) is 13.0. The fraction of sp³-hybridized carbons (Fsp3) is 0.296. The third-order valence-corrected chi connectivity index (χ3v) is 7.17. The number of nitrogens with one attached hydrogen (secondary N) is 1. The summed E-state index contributed by atoms with van der Waals surface area (Å²) in [4.78, 5) is 13.6. The minimum absolute atomic E-state index is 0.334. The lowest BCUT2D eigenvalue weighted by Gasteiger charge is -2.32. The Morgan fingerprint density at radius 3 is 2.09 bits per heavy atom. The molecular formula is C27H32N2O3S. The fourth-order valence-corrected chi connectivity index (χ4v) is 5.26. The van der Waals surface area contributed by atoms with Crippen molar-refractivity contribution in [1.82, 2.24) is 5.32 Å². The Balaban J connectivity index is 2.03. The highest BCUT2D eigenvalue weighted by molar-refractivity contribution is 7.92. The van der Waals surface area contributed by atoms with Crippen LogP contribution in [-0.4, -0.2) is 26.6 Å². The number of carbonyl (C=O) groups is 1. The molecule has 3 aromatic rings. The van der Waals surface area contributed by atoms with Gasteiger partial charge < -0.3 is 5.32 Å². The van der Waals surface area contributed by atoms with Crippen LogP contribution in [0.15, 0.2) is 72.8 Å². The highest BCUT2D eigenvalue weighted by Gasteiger charge is 2.33. The lowest BCUT2D eigenvalue weighted by molar-refractivity contribution is -0.122. The van der Waals surface area contributed by atoms with Crippen LogP contribution in [-0.2, 0) is 14.8 Å². The fourth-order valence-electron chi connectivity index (χ4n) is 4.06. The average Bonchev–Trinajstić information content (AvgIpc) is 2.78. The molecule has 0 aliphatic carbocycles. The highest BCUT2D eigenvalue weighted by Crippen LogP contribution is 2.28. The zero-order chi connectivity index (χ0) is 24.2. The maximum Gasteiger partial charge on any atom is 0.244 e. The van der Waals surface area contributed by atoms with Gasteiger partial charge in [-0.2, -0.15) is 0 Å². The molecule has 0 aromatic heterocycles. The summed E-state index contributed by atoms with van der Waals surface area (Å²) in [7, 11) is -3.70. The molecule has 2 atom stereocenters. The van der Waals surface area contributed by atoms with Crippen molar-refractivity contribution in [3.05, 3.63) is 101 Å². The molecule has 3 rings (SSSR count). The van der Waals surface area contributed by atoms with Crippen LogP contribution in [0.4, 0.5) is 5.69 Å². The van der Waals surface area contributed by atoms with Crippen LogP contribution in [0.3, 0.4) is 0 Å². The molecule has 0 spiro atoms. The standard InChI is InChI=1S/C27H32N2O3S/c1-6-25(29(33(5,31)32)23-17-16-19(2)21(4)18-23)27(30)28-26(22-13-8-7-9-14-22)24-15-11-10-12-20(24)3/h7-18,25-26H,6H2,1-5H3,(H,28,30). The van der Waals surface area contributed by atoms with Crippen LogP contribution >= 0.6 is 0 Å². The Hall–Kier alpha value is -3.12. The molecule has 0 aliphatic heterocycles. The number of carbonyl (C=O) groups excluding carboxylic acids is 1. The molecule has 5 nitrogen and oxygen atoms in total. The molecule has 1 N–H and O–H groups in total. The van der Waals surface area contributed by atoms with Crippen molar-refractivity contribution in [2.24, 2.45) is 0 Å². The summed E-state index contributed by atoms with van der Waals surface area (Å²) in [6, 6.07) is 21.8. The maximum absolute atomic E-state index is 13.6. The van der Waals surface area contributed by atoms with Crippen LogP contribution in [0, 0.1) is 20.8 Å². The lowest BCUT2D eigenvalue weighted by Crippen LogP contribution is -2.50. The van der Waals surface area contributed by atoms with Gasteiger partial charge in [-0.25, -0.2) is 8.42 Å². The molecule has 3 aromatic carbocycles. The Labute approximate surface area is 197 Å². The molecule has 0 radical (unpaired) electrons. The molecule has 0 fully saturated rings. The number of anilines is 1. The van der Waals surface area contributed by atoms with Gasteiger partial charge in [0.05, 0.1) is 18.0 Å². The molecule has 0 bridgehead atoms. The second-order valence-corrected chi connectivity index (χ2v) is 10.3. The zero-order valence-electron chi connectivity index (χ0n) is 19.9. The van der Waals surface area contributed by atoms with Crippen molar-refractivity contribution in [1.29, 1.82) is 0 Å². The molecule has 0 aliphatic rings. The van der Waals surface area contributed by atoms with Crippen molar-refractivity contribution < 1.29 is 13.2 Å². The van der Waals surface area contributed by atoms with E-state index in [1.54, 1.807) is 6.07 Å². The maximum atomic E-state index is 13.6. The van der Waals surface area contributed by atoms with Gasteiger partial charge in [-0.05, 0) is 67.1 Å². The minimum atomic E-state index is -3.70. The summed E-state index contributed by atoms with van der Waals surface area (Å²) in [5.41, 5.74) is 5.49. The summed E-state index contributed by atoms with van der Waals surface area (Å²) >= 11 is 0. The van der Waals surface area contributed by atoms with Gasteiger partial charge >= 0.3 is 0 Å². The number of sulfonamides is 1. The van der Waals surface area contributed by atoms with Crippen LogP contribution < -0.4 is 9.62 Å². The minimum Gasteiger partial charge on any atom is -0.343 e. The van der Waals surface area contributed by atoms with Gasteiger partial charge in [0.1, 0.15) is 6.04 Å². The molecule has 1 amide bonds. The third kappa shape index (κ3) is 5.63. The van der Waals surface area contributed by atoms with Gasteiger partial charge in [-0.3, -0.25) is 9.10 Å². The Morgan fingerprint density at radius 2 is 1.52 bits per heavy atom. The van der Waals surface area contributed by atoms with Crippen molar-refractivity contribution in [2.45, 2.75) is 46.2 Å². The summed E-state index contributed by atoms with van der Waals surface area (Å²) in [6.07, 6.45) is 1.48. The van der Waals surface area contributed by atoms with E-state index in [1.807, 2.05) is 94.4 Å². The smallest absolute Gasteiger partial charge is 0.244 e. The Morgan fingerprint density at radius 1 is 0.879 bits per heavy atom. The number of hydrogen-bond acceptors (Lipinski definition) is 3. The number of rotatable bonds is 8. The van der Waals surface area contributed by atoms with E-state index in [9.17, 15) is 13.2 Å². The molecule has 2 unspecified atom stereocenters. The second kappa shape index (κ2) is 10.2. The number of benzene rings is 3. The highest BCUT2D eigenvalue weighted by atomic mass is 32.2. The van der Waals surface area contributed by atoms with E-state index in [0.717, 1.165) is 34.1 Å². The molecule has 174 valence electrons. The number of nitrogens with zero attached hydrogens (tertiary/aromatic N) is 1. The van der Waals surface area contributed by atoms with Gasteiger partial charge in [0.2, 0.25) is 15.9 Å².